The summed E-state index contributed by atoms with van der Waals surface area (Å²) in [6.45, 7) is 0. The van der Waals surface area contributed by atoms with Gasteiger partial charge in [-0.3, -0.25) is 4.72 Å². The fourth-order valence-electron chi connectivity index (χ4n) is 2.08. The van der Waals surface area contributed by atoms with E-state index in [9.17, 15) is 8.42 Å². The molecule has 0 bridgehead atoms. The minimum Gasteiger partial charge on any atom is -0.331 e. The van der Waals surface area contributed by atoms with E-state index in [4.69, 9.17) is 11.6 Å². The number of nitrogens with zero attached hydrogens (tertiary/aromatic N) is 1. The first kappa shape index (κ1) is 16.8. The maximum absolute atomic E-state index is 11.2. The van der Waals surface area contributed by atoms with Gasteiger partial charge in [-0.05, 0) is 30.3 Å². The Labute approximate surface area is 149 Å². The van der Waals surface area contributed by atoms with E-state index in [1.165, 1.54) is 11.3 Å². The first-order chi connectivity index (χ1) is 11.4. The average molecular weight is 380 g/mol. The molecule has 0 aliphatic carbocycles. The van der Waals surface area contributed by atoms with Gasteiger partial charge in [-0.2, -0.15) is 0 Å². The molecule has 0 saturated carbocycles. The highest BCUT2D eigenvalue weighted by Crippen LogP contribution is 2.28. The third kappa shape index (κ3) is 4.47. The second-order valence-electron chi connectivity index (χ2n) is 5.12. The van der Waals surface area contributed by atoms with Crippen LogP contribution in [0.15, 0.2) is 53.9 Å². The molecule has 3 rings (SSSR count). The van der Waals surface area contributed by atoms with Crippen LogP contribution in [0.1, 0.15) is 0 Å². The lowest BCUT2D eigenvalue weighted by atomic mass is 10.1. The Kier molecular flexibility index (Phi) is 4.75. The van der Waals surface area contributed by atoms with Crippen molar-refractivity contribution in [2.45, 2.75) is 0 Å². The summed E-state index contributed by atoms with van der Waals surface area (Å²) >= 11 is 7.45. The predicted molar refractivity (Wildman–Crippen MR) is 101 cm³/mol. The lowest BCUT2D eigenvalue weighted by Gasteiger charge is -2.04. The molecule has 0 saturated heterocycles. The molecule has 0 radical (unpaired) electrons. The highest BCUT2D eigenvalue weighted by Gasteiger charge is 2.07. The number of benzene rings is 2. The summed E-state index contributed by atoms with van der Waals surface area (Å²) in [7, 11) is -3.27. The van der Waals surface area contributed by atoms with E-state index in [2.05, 4.69) is 15.0 Å². The summed E-state index contributed by atoms with van der Waals surface area (Å²) in [5.74, 6) is 0. The lowest BCUT2D eigenvalue weighted by molar-refractivity contribution is 0.607. The first-order valence-electron chi connectivity index (χ1n) is 6.95. The van der Waals surface area contributed by atoms with E-state index in [1.54, 1.807) is 12.1 Å². The third-order valence-corrected chi connectivity index (χ3v) is 4.66. The Hall–Kier alpha value is -2.09. The molecule has 0 amide bonds. The summed E-state index contributed by atoms with van der Waals surface area (Å²) in [5, 5.41) is 6.56. The zero-order valence-electron chi connectivity index (χ0n) is 12.7. The van der Waals surface area contributed by atoms with Crippen LogP contribution in [-0.4, -0.2) is 19.7 Å². The van der Waals surface area contributed by atoms with Gasteiger partial charge in [-0.1, -0.05) is 29.8 Å². The van der Waals surface area contributed by atoms with Crippen molar-refractivity contribution in [3.8, 4) is 11.3 Å². The number of aromatic nitrogens is 1. The smallest absolute Gasteiger partial charge is 0.229 e. The molecular weight excluding hydrogens is 366 g/mol. The van der Waals surface area contributed by atoms with Crippen LogP contribution in [0.5, 0.6) is 0 Å². The van der Waals surface area contributed by atoms with Gasteiger partial charge in [0.15, 0.2) is 5.13 Å². The van der Waals surface area contributed by atoms with E-state index in [-0.39, 0.29) is 0 Å². The predicted octanol–water partition coefficient (Wildman–Crippen LogP) is 4.58. The Morgan fingerprint density at radius 3 is 2.50 bits per heavy atom. The fourth-order valence-corrected chi connectivity index (χ4v) is 3.57. The number of rotatable bonds is 5. The van der Waals surface area contributed by atoms with Crippen molar-refractivity contribution in [3.05, 3.63) is 58.9 Å². The normalized spacial score (nSPS) is 11.2. The molecule has 2 N–H and O–H groups in total. The van der Waals surface area contributed by atoms with Crippen LogP contribution in [0.4, 0.5) is 16.5 Å². The van der Waals surface area contributed by atoms with Crippen molar-refractivity contribution < 1.29 is 8.42 Å². The molecule has 0 atom stereocenters. The highest BCUT2D eigenvalue weighted by atomic mass is 35.5. The number of thiazole rings is 1. The van der Waals surface area contributed by atoms with Crippen molar-refractivity contribution in [2.24, 2.45) is 0 Å². The van der Waals surface area contributed by atoms with E-state index >= 15 is 0 Å². The van der Waals surface area contributed by atoms with E-state index in [0.29, 0.717) is 10.7 Å². The standard InChI is InChI=1S/C16H14ClN3O2S2/c1-24(21,22)20-13-7-5-11(6-8-13)15-10-23-16(19-15)18-14-4-2-3-12(17)9-14/h2-10,20H,1H3,(H,18,19). The van der Waals surface area contributed by atoms with Crippen LogP contribution in [0.25, 0.3) is 11.3 Å². The topological polar surface area (TPSA) is 71.1 Å². The summed E-state index contributed by atoms with van der Waals surface area (Å²) in [6.07, 6.45) is 1.12. The van der Waals surface area contributed by atoms with Gasteiger partial charge < -0.3 is 5.32 Å². The van der Waals surface area contributed by atoms with Crippen LogP contribution >= 0.6 is 22.9 Å². The van der Waals surface area contributed by atoms with Gasteiger partial charge in [0, 0.05) is 27.3 Å². The van der Waals surface area contributed by atoms with E-state index in [0.717, 1.165) is 28.3 Å². The molecule has 24 heavy (non-hydrogen) atoms. The number of sulfonamides is 1. The fraction of sp³-hybridized carbons (Fsp3) is 0.0625. The molecular formula is C16H14ClN3O2S2. The molecule has 2 aromatic carbocycles. The average Bonchev–Trinajstić information content (AvgIpc) is 2.95. The third-order valence-electron chi connectivity index (χ3n) is 3.06. The Bertz CT molecular complexity index is 953. The number of anilines is 3. The quantitative estimate of drug-likeness (QED) is 0.680. The molecule has 5 nitrogen and oxygen atoms in total. The first-order valence-corrected chi connectivity index (χ1v) is 10.1. The van der Waals surface area contributed by atoms with Crippen LogP contribution in [-0.2, 0) is 10.0 Å². The van der Waals surface area contributed by atoms with Crippen LogP contribution < -0.4 is 10.0 Å². The maximum Gasteiger partial charge on any atom is 0.229 e. The van der Waals surface area contributed by atoms with Gasteiger partial charge in [-0.25, -0.2) is 13.4 Å². The molecule has 1 aromatic heterocycles. The number of hydrogen-bond acceptors (Lipinski definition) is 5. The van der Waals surface area contributed by atoms with E-state index in [1.807, 2.05) is 41.8 Å². The Morgan fingerprint density at radius 1 is 1.08 bits per heavy atom. The number of nitrogens with one attached hydrogen (secondary N) is 2. The van der Waals surface area contributed by atoms with Crippen molar-refractivity contribution in [3.63, 3.8) is 0 Å². The van der Waals surface area contributed by atoms with Crippen molar-refractivity contribution in [1.29, 1.82) is 0 Å². The van der Waals surface area contributed by atoms with Gasteiger partial charge in [0.25, 0.3) is 0 Å². The van der Waals surface area contributed by atoms with Gasteiger partial charge in [0.2, 0.25) is 10.0 Å². The molecule has 0 unspecified atom stereocenters. The molecule has 1 heterocycles. The number of halogens is 1. The van der Waals surface area contributed by atoms with E-state index < -0.39 is 10.0 Å². The van der Waals surface area contributed by atoms with Crippen LogP contribution in [0.3, 0.4) is 0 Å². The zero-order valence-corrected chi connectivity index (χ0v) is 15.0. The monoisotopic (exact) mass is 379 g/mol. The molecule has 124 valence electrons. The Balaban J connectivity index is 1.75. The number of hydrogen-bond donors (Lipinski definition) is 2. The van der Waals surface area contributed by atoms with Crippen molar-refractivity contribution >= 4 is 49.5 Å². The Morgan fingerprint density at radius 2 is 1.83 bits per heavy atom. The minimum atomic E-state index is -3.27. The second-order valence-corrected chi connectivity index (χ2v) is 8.17. The van der Waals surface area contributed by atoms with Gasteiger partial charge >= 0.3 is 0 Å². The second kappa shape index (κ2) is 6.80. The van der Waals surface area contributed by atoms with Crippen LogP contribution in [0, 0.1) is 0 Å². The summed E-state index contributed by atoms with van der Waals surface area (Å²) in [5.41, 5.74) is 3.12. The molecule has 3 aromatic rings. The lowest BCUT2D eigenvalue weighted by Crippen LogP contribution is -2.09. The van der Waals surface area contributed by atoms with Gasteiger partial charge in [0.05, 0.1) is 11.9 Å². The zero-order chi connectivity index (χ0) is 17.2. The van der Waals surface area contributed by atoms with Crippen molar-refractivity contribution in [1.82, 2.24) is 4.98 Å². The maximum atomic E-state index is 11.2. The molecule has 0 aliphatic heterocycles. The molecule has 0 fully saturated rings. The van der Waals surface area contributed by atoms with Crippen molar-refractivity contribution in [2.75, 3.05) is 16.3 Å². The molecule has 8 heteroatoms. The summed E-state index contributed by atoms with van der Waals surface area (Å²) in [4.78, 5) is 4.54. The van der Waals surface area contributed by atoms with Crippen LogP contribution in [0.2, 0.25) is 5.02 Å². The molecule has 0 spiro atoms. The SMILES string of the molecule is CS(=O)(=O)Nc1ccc(-c2csc(Nc3cccc(Cl)c3)n2)cc1. The van der Waals surface area contributed by atoms with Gasteiger partial charge in [-0.15, -0.1) is 11.3 Å². The van der Waals surface area contributed by atoms with Gasteiger partial charge in [0.1, 0.15) is 0 Å². The summed E-state index contributed by atoms with van der Waals surface area (Å²) in [6, 6.07) is 14.5. The largest absolute Gasteiger partial charge is 0.331 e. The summed E-state index contributed by atoms with van der Waals surface area (Å²) < 4.78 is 24.9. The molecule has 0 aliphatic rings. The highest BCUT2D eigenvalue weighted by molar-refractivity contribution is 7.92. The minimum absolute atomic E-state index is 0.522.